The van der Waals surface area contributed by atoms with Crippen molar-refractivity contribution in [2.45, 2.75) is 13.1 Å². The number of carbonyl (C=O) groups is 1. The molecule has 6 heteroatoms. The van der Waals surface area contributed by atoms with Gasteiger partial charge < -0.3 is 5.73 Å². The first-order valence-corrected chi connectivity index (χ1v) is 4.17. The summed E-state index contributed by atoms with van der Waals surface area (Å²) < 4.78 is 35.8. The Morgan fingerprint density at radius 1 is 1.54 bits per heavy atom. The van der Waals surface area contributed by atoms with Crippen LogP contribution in [0, 0.1) is 6.92 Å². The minimum atomic E-state index is -4.84. The number of ketones is 1. The third kappa shape index (κ3) is 1.82. The van der Waals surface area contributed by atoms with Crippen molar-refractivity contribution in [3.63, 3.8) is 0 Å². The lowest BCUT2D eigenvalue weighted by molar-refractivity contribution is -0.0882. The molecule has 0 aliphatic rings. The first-order valence-electron chi connectivity index (χ1n) is 3.29. The van der Waals surface area contributed by atoms with Crippen LogP contribution >= 0.6 is 11.3 Å². The quantitative estimate of drug-likeness (QED) is 0.721. The second-order valence-electron chi connectivity index (χ2n) is 2.49. The van der Waals surface area contributed by atoms with E-state index in [2.05, 4.69) is 0 Å². The second kappa shape index (κ2) is 3.02. The van der Waals surface area contributed by atoms with E-state index in [0.717, 1.165) is 0 Å². The van der Waals surface area contributed by atoms with Crippen LogP contribution in [0.25, 0.3) is 0 Å². The summed E-state index contributed by atoms with van der Waals surface area (Å²) in [5.41, 5.74) is 5.71. The molecule has 0 bridgehead atoms. The van der Waals surface area contributed by atoms with Crippen LogP contribution in [-0.4, -0.2) is 12.0 Å². The van der Waals surface area contributed by atoms with E-state index in [1.807, 2.05) is 0 Å². The van der Waals surface area contributed by atoms with Gasteiger partial charge in [-0.3, -0.25) is 4.79 Å². The van der Waals surface area contributed by atoms with Gasteiger partial charge in [-0.2, -0.15) is 13.2 Å². The van der Waals surface area contributed by atoms with E-state index < -0.39 is 16.8 Å². The summed E-state index contributed by atoms with van der Waals surface area (Å²) in [4.78, 5) is 10.3. The van der Waals surface area contributed by atoms with Gasteiger partial charge in [0.05, 0.1) is 5.69 Å². The van der Waals surface area contributed by atoms with Crippen LogP contribution in [-0.2, 0) is 0 Å². The summed E-state index contributed by atoms with van der Waals surface area (Å²) in [6, 6.07) is 0. The minimum absolute atomic E-state index is 0.0766. The summed E-state index contributed by atoms with van der Waals surface area (Å²) in [5.74, 6) is -1.87. The molecule has 0 saturated carbocycles. The van der Waals surface area contributed by atoms with E-state index in [-0.39, 0.29) is 5.69 Å². The monoisotopic (exact) mass is 209 g/mol. The Kier molecular flexibility index (Phi) is 2.34. The maximum Gasteiger partial charge on any atom is 0.455 e. The molecule has 0 amide bonds. The average molecular weight is 209 g/mol. The molecule has 0 aliphatic carbocycles. The Morgan fingerprint density at radius 3 is 2.38 bits per heavy atom. The molecule has 72 valence electrons. The smallest absolute Gasteiger partial charge is 0.397 e. The van der Waals surface area contributed by atoms with Gasteiger partial charge in [0.1, 0.15) is 4.88 Å². The highest BCUT2D eigenvalue weighted by molar-refractivity contribution is 7.13. The largest absolute Gasteiger partial charge is 0.455 e. The molecule has 2 nitrogen and oxygen atoms in total. The van der Waals surface area contributed by atoms with Crippen LogP contribution in [0.1, 0.15) is 15.2 Å². The van der Waals surface area contributed by atoms with Gasteiger partial charge in [-0.25, -0.2) is 0 Å². The van der Waals surface area contributed by atoms with Crippen molar-refractivity contribution in [3.05, 3.63) is 15.8 Å². The lowest BCUT2D eigenvalue weighted by Crippen LogP contribution is -2.22. The summed E-state index contributed by atoms with van der Waals surface area (Å²) in [6.07, 6.45) is -4.84. The van der Waals surface area contributed by atoms with E-state index in [4.69, 9.17) is 5.73 Å². The molecule has 1 heterocycles. The molecule has 0 unspecified atom stereocenters. The fourth-order valence-corrected chi connectivity index (χ4v) is 1.69. The molecule has 2 N–H and O–H groups in total. The van der Waals surface area contributed by atoms with Crippen LogP contribution in [0.4, 0.5) is 18.9 Å². The molecule has 0 fully saturated rings. The Hall–Kier alpha value is -1.04. The molecule has 0 radical (unpaired) electrons. The first kappa shape index (κ1) is 10.0. The highest BCUT2D eigenvalue weighted by Gasteiger charge is 2.41. The Morgan fingerprint density at radius 2 is 2.08 bits per heavy atom. The molecule has 1 rings (SSSR count). The molecular formula is C7H6F3NOS. The number of thiophene rings is 1. The van der Waals surface area contributed by atoms with Crippen molar-refractivity contribution >= 4 is 22.8 Å². The number of aryl methyl sites for hydroxylation is 1. The fourth-order valence-electron chi connectivity index (χ4n) is 0.758. The highest BCUT2D eigenvalue weighted by Crippen LogP contribution is 2.31. The van der Waals surface area contributed by atoms with E-state index in [1.54, 1.807) is 6.92 Å². The summed E-state index contributed by atoms with van der Waals surface area (Å²) in [7, 11) is 0. The number of rotatable bonds is 1. The average Bonchev–Trinajstić information content (AvgIpc) is 2.30. The van der Waals surface area contributed by atoms with E-state index in [0.29, 0.717) is 16.9 Å². The zero-order valence-corrected chi connectivity index (χ0v) is 7.42. The molecule has 1 aromatic rings. The number of carbonyl (C=O) groups excluding carboxylic acids is 1. The molecule has 0 saturated heterocycles. The topological polar surface area (TPSA) is 43.1 Å². The van der Waals surface area contributed by atoms with E-state index in [1.165, 1.54) is 5.38 Å². The molecule has 0 aliphatic heterocycles. The zero-order valence-electron chi connectivity index (χ0n) is 6.61. The standard InChI is InChI=1S/C7H6F3NOS/c1-3-2-13-5(4(3)11)6(12)7(8,9)10/h2H,11H2,1H3. The van der Waals surface area contributed by atoms with Crippen LogP contribution in [0.5, 0.6) is 0 Å². The summed E-state index contributed by atoms with van der Waals surface area (Å²) in [5, 5.41) is 1.42. The molecule has 0 aromatic carbocycles. The zero-order chi connectivity index (χ0) is 10.2. The van der Waals surface area contributed by atoms with E-state index >= 15 is 0 Å². The number of halogens is 3. The lowest BCUT2D eigenvalue weighted by atomic mass is 10.2. The SMILES string of the molecule is Cc1csc(C(=O)C(F)(F)F)c1N. The predicted octanol–water partition coefficient (Wildman–Crippen LogP) is 2.38. The normalized spacial score (nSPS) is 11.7. The molecule has 1 aromatic heterocycles. The van der Waals surface area contributed by atoms with Gasteiger partial charge in [-0.1, -0.05) is 0 Å². The van der Waals surface area contributed by atoms with Crippen LogP contribution in [0.3, 0.4) is 0 Å². The molecule has 13 heavy (non-hydrogen) atoms. The van der Waals surface area contributed by atoms with Crippen molar-refractivity contribution < 1.29 is 18.0 Å². The number of Topliss-reactive ketones (excluding diaryl/α,β-unsaturated/α-hetero) is 1. The fraction of sp³-hybridized carbons (Fsp3) is 0.286. The van der Waals surface area contributed by atoms with Crippen LogP contribution in [0.15, 0.2) is 5.38 Å². The number of anilines is 1. The van der Waals surface area contributed by atoms with Gasteiger partial charge in [0.15, 0.2) is 0 Å². The molecule has 0 atom stereocenters. The Balaban J connectivity index is 3.10. The van der Waals surface area contributed by atoms with Crippen molar-refractivity contribution in [1.82, 2.24) is 0 Å². The molecular weight excluding hydrogens is 203 g/mol. The van der Waals surface area contributed by atoms with Gasteiger partial charge >= 0.3 is 6.18 Å². The number of alkyl halides is 3. The van der Waals surface area contributed by atoms with Crippen molar-refractivity contribution in [2.75, 3.05) is 5.73 Å². The van der Waals surface area contributed by atoms with Crippen molar-refractivity contribution in [3.8, 4) is 0 Å². The van der Waals surface area contributed by atoms with Crippen molar-refractivity contribution in [2.24, 2.45) is 0 Å². The summed E-state index contributed by atoms with van der Waals surface area (Å²) >= 11 is 0.717. The third-order valence-electron chi connectivity index (χ3n) is 1.49. The number of nitrogens with two attached hydrogens (primary N) is 1. The minimum Gasteiger partial charge on any atom is -0.397 e. The van der Waals surface area contributed by atoms with Gasteiger partial charge in [-0.15, -0.1) is 11.3 Å². The number of hydrogen-bond acceptors (Lipinski definition) is 3. The number of nitrogen functional groups attached to an aromatic ring is 1. The molecule has 0 spiro atoms. The van der Waals surface area contributed by atoms with Gasteiger partial charge in [0.2, 0.25) is 0 Å². The summed E-state index contributed by atoms with van der Waals surface area (Å²) in [6.45, 7) is 1.55. The first-order chi connectivity index (χ1) is 5.84. The Bertz CT molecular complexity index is 342. The maximum absolute atomic E-state index is 11.9. The van der Waals surface area contributed by atoms with E-state index in [9.17, 15) is 18.0 Å². The van der Waals surface area contributed by atoms with Gasteiger partial charge in [0.25, 0.3) is 5.78 Å². The maximum atomic E-state index is 11.9. The third-order valence-corrected chi connectivity index (χ3v) is 2.60. The van der Waals surface area contributed by atoms with Crippen LogP contribution < -0.4 is 5.73 Å². The Labute approximate surface area is 76.2 Å². The van der Waals surface area contributed by atoms with Crippen LogP contribution in [0.2, 0.25) is 0 Å². The van der Waals surface area contributed by atoms with Gasteiger partial charge in [0, 0.05) is 0 Å². The lowest BCUT2D eigenvalue weighted by Gasteiger charge is -2.03. The number of hydrogen-bond donors (Lipinski definition) is 1. The predicted molar refractivity (Wildman–Crippen MR) is 43.9 cm³/mol. The van der Waals surface area contributed by atoms with Crippen molar-refractivity contribution in [1.29, 1.82) is 0 Å². The second-order valence-corrected chi connectivity index (χ2v) is 3.37. The van der Waals surface area contributed by atoms with Gasteiger partial charge in [-0.05, 0) is 17.9 Å². The highest BCUT2D eigenvalue weighted by atomic mass is 32.1.